The first kappa shape index (κ1) is 16.0. The quantitative estimate of drug-likeness (QED) is 0.733. The van der Waals surface area contributed by atoms with Gasteiger partial charge in [-0.2, -0.15) is 0 Å². The third-order valence-electron chi connectivity index (χ3n) is 3.16. The van der Waals surface area contributed by atoms with Gasteiger partial charge in [0.05, 0.1) is 12.8 Å². The Morgan fingerprint density at radius 2 is 2.18 bits per heavy atom. The number of aromatic nitrogens is 2. The minimum Gasteiger partial charge on any atom is -0.467 e. The molecule has 0 radical (unpaired) electrons. The number of hydrogen-bond acceptors (Lipinski definition) is 5. The average Bonchev–Trinajstić information content (AvgIpc) is 3.02. The van der Waals surface area contributed by atoms with E-state index >= 15 is 0 Å². The van der Waals surface area contributed by atoms with Gasteiger partial charge in [-0.15, -0.1) is 0 Å². The maximum absolute atomic E-state index is 12.1. The van der Waals surface area contributed by atoms with Gasteiger partial charge >= 0.3 is 0 Å². The lowest BCUT2D eigenvalue weighted by Crippen LogP contribution is -2.24. The average molecular weight is 302 g/mol. The standard InChI is InChI=1S/C16H22N4O2/c1-3-4-5-8-17-15-10-14(19-12(2)20-15)16(21)18-11-13-7-6-9-22-13/h6-7,9-10H,3-5,8,11H2,1-2H3,(H,18,21)(H,17,19,20). The van der Waals surface area contributed by atoms with E-state index in [0.29, 0.717) is 29.6 Å². The predicted octanol–water partition coefficient (Wildman–Crippen LogP) is 2.91. The molecule has 0 aliphatic heterocycles. The Morgan fingerprint density at radius 3 is 2.91 bits per heavy atom. The third kappa shape index (κ3) is 4.87. The van der Waals surface area contributed by atoms with Gasteiger partial charge in [0.25, 0.3) is 5.91 Å². The molecule has 6 heteroatoms. The van der Waals surface area contributed by atoms with Crippen molar-refractivity contribution in [3.05, 3.63) is 41.7 Å². The van der Waals surface area contributed by atoms with Crippen molar-refractivity contribution in [3.63, 3.8) is 0 Å². The molecule has 6 nitrogen and oxygen atoms in total. The van der Waals surface area contributed by atoms with Gasteiger partial charge in [-0.25, -0.2) is 9.97 Å². The van der Waals surface area contributed by atoms with Crippen LogP contribution in [0.25, 0.3) is 0 Å². The molecule has 0 fully saturated rings. The van der Waals surface area contributed by atoms with Crippen molar-refractivity contribution in [2.24, 2.45) is 0 Å². The molecule has 0 saturated carbocycles. The van der Waals surface area contributed by atoms with Crippen LogP contribution in [0.4, 0.5) is 5.82 Å². The molecule has 22 heavy (non-hydrogen) atoms. The topological polar surface area (TPSA) is 80.0 Å². The number of hydrogen-bond donors (Lipinski definition) is 2. The lowest BCUT2D eigenvalue weighted by atomic mass is 10.2. The number of carbonyl (C=O) groups excluding carboxylic acids is 1. The molecule has 0 aromatic carbocycles. The van der Waals surface area contributed by atoms with Crippen molar-refractivity contribution >= 4 is 11.7 Å². The summed E-state index contributed by atoms with van der Waals surface area (Å²) in [5, 5.41) is 6.02. The summed E-state index contributed by atoms with van der Waals surface area (Å²) in [6.45, 7) is 5.13. The highest BCUT2D eigenvalue weighted by Crippen LogP contribution is 2.08. The fraction of sp³-hybridized carbons (Fsp3) is 0.438. The zero-order valence-corrected chi connectivity index (χ0v) is 13.1. The van der Waals surface area contributed by atoms with Gasteiger partial charge in [0, 0.05) is 12.6 Å². The number of carbonyl (C=O) groups is 1. The molecule has 2 heterocycles. The molecule has 0 atom stereocenters. The fourth-order valence-electron chi connectivity index (χ4n) is 2.04. The molecule has 0 aliphatic rings. The second-order valence-electron chi connectivity index (χ2n) is 5.08. The molecule has 0 aliphatic carbocycles. The first-order valence-electron chi connectivity index (χ1n) is 7.59. The Hall–Kier alpha value is -2.37. The van der Waals surface area contributed by atoms with Crippen LogP contribution in [0.2, 0.25) is 0 Å². The van der Waals surface area contributed by atoms with Crippen LogP contribution in [0, 0.1) is 6.92 Å². The molecular weight excluding hydrogens is 280 g/mol. The highest BCUT2D eigenvalue weighted by molar-refractivity contribution is 5.92. The van der Waals surface area contributed by atoms with E-state index in [4.69, 9.17) is 4.42 Å². The lowest BCUT2D eigenvalue weighted by molar-refractivity contribution is 0.0942. The van der Waals surface area contributed by atoms with Gasteiger partial charge in [-0.05, 0) is 25.5 Å². The third-order valence-corrected chi connectivity index (χ3v) is 3.16. The van der Waals surface area contributed by atoms with E-state index in [-0.39, 0.29) is 5.91 Å². The summed E-state index contributed by atoms with van der Waals surface area (Å²) in [5.74, 6) is 1.73. The Kier molecular flexibility index (Phi) is 5.94. The molecule has 2 rings (SSSR count). The molecule has 1 amide bonds. The molecule has 2 aromatic rings. The van der Waals surface area contributed by atoms with E-state index < -0.39 is 0 Å². The molecule has 2 N–H and O–H groups in total. The molecular formula is C16H22N4O2. The van der Waals surface area contributed by atoms with Gasteiger partial charge in [-0.3, -0.25) is 4.79 Å². The number of rotatable bonds is 8. The smallest absolute Gasteiger partial charge is 0.270 e. The summed E-state index contributed by atoms with van der Waals surface area (Å²) >= 11 is 0. The van der Waals surface area contributed by atoms with Crippen molar-refractivity contribution in [2.45, 2.75) is 39.7 Å². The largest absolute Gasteiger partial charge is 0.467 e. The maximum atomic E-state index is 12.1. The van der Waals surface area contributed by atoms with Crippen LogP contribution in [0.1, 0.15) is 48.3 Å². The SMILES string of the molecule is CCCCCNc1cc(C(=O)NCc2ccco2)nc(C)n1. The van der Waals surface area contributed by atoms with Gasteiger partial charge < -0.3 is 15.1 Å². The van der Waals surface area contributed by atoms with Crippen LogP contribution in [-0.4, -0.2) is 22.4 Å². The molecule has 0 unspecified atom stereocenters. The van der Waals surface area contributed by atoms with Gasteiger partial charge in [-0.1, -0.05) is 19.8 Å². The van der Waals surface area contributed by atoms with Crippen molar-refractivity contribution in [1.29, 1.82) is 0 Å². The van der Waals surface area contributed by atoms with Crippen LogP contribution in [-0.2, 0) is 6.54 Å². The van der Waals surface area contributed by atoms with Crippen LogP contribution in [0.5, 0.6) is 0 Å². The van der Waals surface area contributed by atoms with E-state index in [9.17, 15) is 4.79 Å². The van der Waals surface area contributed by atoms with E-state index in [1.165, 1.54) is 12.8 Å². The summed E-state index contributed by atoms with van der Waals surface area (Å²) in [4.78, 5) is 20.6. The highest BCUT2D eigenvalue weighted by atomic mass is 16.3. The normalized spacial score (nSPS) is 10.5. The minimum absolute atomic E-state index is 0.237. The Balaban J connectivity index is 1.94. The molecule has 118 valence electrons. The Labute approximate surface area is 130 Å². The predicted molar refractivity (Wildman–Crippen MR) is 84.7 cm³/mol. The van der Waals surface area contributed by atoms with Crippen LogP contribution >= 0.6 is 0 Å². The number of nitrogens with one attached hydrogen (secondary N) is 2. The van der Waals surface area contributed by atoms with E-state index in [0.717, 1.165) is 13.0 Å². The Bertz CT molecular complexity index is 596. The molecule has 2 aromatic heterocycles. The number of amides is 1. The summed E-state index contributed by atoms with van der Waals surface area (Å²) < 4.78 is 5.18. The van der Waals surface area contributed by atoms with E-state index in [1.807, 2.05) is 6.07 Å². The summed E-state index contributed by atoms with van der Waals surface area (Å²) in [6.07, 6.45) is 5.01. The van der Waals surface area contributed by atoms with Gasteiger partial charge in [0.2, 0.25) is 0 Å². The zero-order chi connectivity index (χ0) is 15.8. The summed E-state index contributed by atoms with van der Waals surface area (Å²) in [5.41, 5.74) is 0.358. The fourth-order valence-corrected chi connectivity index (χ4v) is 2.04. The van der Waals surface area contributed by atoms with Crippen molar-refractivity contribution < 1.29 is 9.21 Å². The van der Waals surface area contributed by atoms with Crippen LogP contribution < -0.4 is 10.6 Å². The number of unbranched alkanes of at least 4 members (excludes halogenated alkanes) is 2. The first-order chi connectivity index (χ1) is 10.7. The van der Waals surface area contributed by atoms with Gasteiger partial charge in [0.1, 0.15) is 23.1 Å². The first-order valence-corrected chi connectivity index (χ1v) is 7.59. The highest BCUT2D eigenvalue weighted by Gasteiger charge is 2.10. The zero-order valence-electron chi connectivity index (χ0n) is 13.1. The lowest BCUT2D eigenvalue weighted by Gasteiger charge is -2.08. The van der Waals surface area contributed by atoms with Crippen LogP contribution in [0.15, 0.2) is 28.9 Å². The van der Waals surface area contributed by atoms with Gasteiger partial charge in [0.15, 0.2) is 0 Å². The van der Waals surface area contributed by atoms with Crippen molar-refractivity contribution in [3.8, 4) is 0 Å². The Morgan fingerprint density at radius 1 is 1.32 bits per heavy atom. The summed E-state index contributed by atoms with van der Waals surface area (Å²) in [7, 11) is 0. The number of aryl methyl sites for hydroxylation is 1. The minimum atomic E-state index is -0.237. The molecule has 0 spiro atoms. The monoisotopic (exact) mass is 302 g/mol. The number of furan rings is 1. The molecule has 0 saturated heterocycles. The van der Waals surface area contributed by atoms with Crippen molar-refractivity contribution in [2.75, 3.05) is 11.9 Å². The maximum Gasteiger partial charge on any atom is 0.270 e. The van der Waals surface area contributed by atoms with Crippen LogP contribution in [0.3, 0.4) is 0 Å². The van der Waals surface area contributed by atoms with E-state index in [1.54, 1.807) is 25.3 Å². The second kappa shape index (κ2) is 8.17. The molecule has 0 bridgehead atoms. The number of anilines is 1. The summed E-state index contributed by atoms with van der Waals surface area (Å²) in [6, 6.07) is 5.28. The van der Waals surface area contributed by atoms with E-state index in [2.05, 4.69) is 27.5 Å². The van der Waals surface area contributed by atoms with Crippen molar-refractivity contribution in [1.82, 2.24) is 15.3 Å². The number of nitrogens with zero attached hydrogens (tertiary/aromatic N) is 2. The second-order valence-corrected chi connectivity index (χ2v) is 5.08.